The first-order valence-corrected chi connectivity index (χ1v) is 9.21. The molecule has 0 aromatic carbocycles. The maximum atomic E-state index is 11.6. The maximum absolute atomic E-state index is 11.6. The van der Waals surface area contributed by atoms with Crippen molar-refractivity contribution in [2.75, 3.05) is 17.2 Å². The van der Waals surface area contributed by atoms with Gasteiger partial charge >= 0.3 is 5.97 Å². The molecule has 1 fully saturated rings. The third-order valence-electron chi connectivity index (χ3n) is 2.96. The van der Waals surface area contributed by atoms with Gasteiger partial charge in [0.2, 0.25) is 11.9 Å². The van der Waals surface area contributed by atoms with Gasteiger partial charge in [-0.15, -0.1) is 0 Å². The van der Waals surface area contributed by atoms with Crippen molar-refractivity contribution in [1.29, 1.82) is 0 Å². The fraction of sp³-hybridized carbons (Fsp3) is 0.667. The summed E-state index contributed by atoms with van der Waals surface area (Å²) in [7, 11) is 3.91. The van der Waals surface area contributed by atoms with E-state index in [9.17, 15) is 4.79 Å². The molecule has 1 atom stereocenters. The summed E-state index contributed by atoms with van der Waals surface area (Å²) in [4.78, 5) is 23.0. The van der Waals surface area contributed by atoms with Crippen molar-refractivity contribution in [1.82, 2.24) is 15.0 Å². The summed E-state index contributed by atoms with van der Waals surface area (Å²) < 4.78 is 5.10. The molecule has 0 unspecified atom stereocenters. The second-order valence-corrected chi connectivity index (χ2v) is 7.49. The lowest BCUT2D eigenvalue weighted by atomic mass is 10.1. The van der Waals surface area contributed by atoms with Gasteiger partial charge in [0, 0.05) is 17.4 Å². The van der Waals surface area contributed by atoms with Gasteiger partial charge in [0.15, 0.2) is 12.4 Å². The minimum absolute atomic E-state index is 0.0229. The van der Waals surface area contributed by atoms with E-state index >= 15 is 0 Å². The summed E-state index contributed by atoms with van der Waals surface area (Å²) in [6.07, 6.45) is 4.77. The van der Waals surface area contributed by atoms with E-state index in [1.54, 1.807) is 0 Å². The van der Waals surface area contributed by atoms with Crippen molar-refractivity contribution < 1.29 is 9.53 Å². The lowest BCUT2D eigenvalue weighted by Crippen LogP contribution is -2.11. The highest BCUT2D eigenvalue weighted by atomic mass is 33.1. The summed E-state index contributed by atoms with van der Waals surface area (Å²) in [5.41, 5.74) is 10.9. The van der Waals surface area contributed by atoms with Gasteiger partial charge < -0.3 is 16.2 Å². The van der Waals surface area contributed by atoms with Crippen LogP contribution in [0.2, 0.25) is 0 Å². The molecule has 4 N–H and O–H groups in total. The fourth-order valence-electron chi connectivity index (χ4n) is 1.94. The van der Waals surface area contributed by atoms with Crippen LogP contribution in [0.1, 0.15) is 37.9 Å². The van der Waals surface area contributed by atoms with Crippen molar-refractivity contribution in [3.8, 4) is 0 Å². The average molecular weight is 329 g/mol. The molecule has 2 rings (SSSR count). The van der Waals surface area contributed by atoms with E-state index in [1.807, 2.05) is 21.6 Å². The van der Waals surface area contributed by atoms with E-state index in [1.165, 1.54) is 18.6 Å². The van der Waals surface area contributed by atoms with Crippen LogP contribution in [0.3, 0.4) is 0 Å². The van der Waals surface area contributed by atoms with E-state index in [2.05, 4.69) is 15.0 Å². The van der Waals surface area contributed by atoms with Crippen molar-refractivity contribution in [2.24, 2.45) is 0 Å². The van der Waals surface area contributed by atoms with Gasteiger partial charge in [0.1, 0.15) is 0 Å². The standard InChI is InChI=1S/C12H19N5O2S2/c13-11-15-9(16-12(14)17-11)7-19-10(18)4-2-1-3-8-5-6-20-21-8/h8H,1-7H2,(H4,13,14,15,16,17)/t8-/m1/s1. The zero-order valence-electron chi connectivity index (χ0n) is 11.7. The van der Waals surface area contributed by atoms with Crippen LogP contribution in [-0.4, -0.2) is 31.9 Å². The number of nitrogens with zero attached hydrogens (tertiary/aromatic N) is 3. The normalized spacial score (nSPS) is 17.8. The first-order chi connectivity index (χ1) is 10.1. The van der Waals surface area contributed by atoms with Crippen LogP contribution >= 0.6 is 21.6 Å². The molecular formula is C12H19N5O2S2. The molecule has 0 aliphatic carbocycles. The monoisotopic (exact) mass is 329 g/mol. The number of carbonyl (C=O) groups excluding carboxylic acids is 1. The maximum Gasteiger partial charge on any atom is 0.306 e. The molecule has 1 aliphatic rings. The zero-order valence-corrected chi connectivity index (χ0v) is 13.3. The SMILES string of the molecule is Nc1nc(N)nc(COC(=O)CCCC[C@@H]2CCSS2)n1. The highest BCUT2D eigenvalue weighted by molar-refractivity contribution is 8.77. The minimum Gasteiger partial charge on any atom is -0.457 e. The first-order valence-electron chi connectivity index (χ1n) is 6.83. The number of hydrogen-bond acceptors (Lipinski definition) is 9. The third-order valence-corrected chi connectivity index (χ3v) is 5.97. The van der Waals surface area contributed by atoms with E-state index in [0.717, 1.165) is 18.1 Å². The summed E-state index contributed by atoms with van der Waals surface area (Å²) in [5, 5.41) is 0.752. The third kappa shape index (κ3) is 5.96. The van der Waals surface area contributed by atoms with Crippen molar-refractivity contribution in [2.45, 2.75) is 44.0 Å². The molecule has 116 valence electrons. The molecule has 1 saturated heterocycles. The van der Waals surface area contributed by atoms with Crippen LogP contribution in [0.5, 0.6) is 0 Å². The number of ether oxygens (including phenoxy) is 1. The number of rotatable bonds is 7. The van der Waals surface area contributed by atoms with E-state index < -0.39 is 0 Å². The van der Waals surface area contributed by atoms with Crippen LogP contribution in [-0.2, 0) is 16.1 Å². The van der Waals surface area contributed by atoms with Crippen LogP contribution in [0.25, 0.3) is 0 Å². The Morgan fingerprint density at radius 1 is 1.24 bits per heavy atom. The van der Waals surface area contributed by atoms with Crippen molar-refractivity contribution in [3.05, 3.63) is 5.82 Å². The van der Waals surface area contributed by atoms with Crippen molar-refractivity contribution in [3.63, 3.8) is 0 Å². The van der Waals surface area contributed by atoms with E-state index in [-0.39, 0.29) is 30.3 Å². The van der Waals surface area contributed by atoms with Gasteiger partial charge in [-0.1, -0.05) is 28.0 Å². The summed E-state index contributed by atoms with van der Waals surface area (Å²) in [6.45, 7) is -0.0229. The van der Waals surface area contributed by atoms with Gasteiger partial charge in [-0.2, -0.15) is 15.0 Å². The molecule has 1 aliphatic heterocycles. The Hall–Kier alpha value is -1.22. The quantitative estimate of drug-likeness (QED) is 0.438. The molecule has 1 aromatic heterocycles. The van der Waals surface area contributed by atoms with E-state index in [4.69, 9.17) is 16.2 Å². The van der Waals surface area contributed by atoms with E-state index in [0.29, 0.717) is 6.42 Å². The Morgan fingerprint density at radius 3 is 2.67 bits per heavy atom. The number of nitrogens with two attached hydrogens (primary N) is 2. The Morgan fingerprint density at radius 2 is 2.00 bits per heavy atom. The molecule has 2 heterocycles. The summed E-state index contributed by atoms with van der Waals surface area (Å²) in [5.74, 6) is 1.32. The van der Waals surface area contributed by atoms with Crippen LogP contribution in [0.4, 0.5) is 11.9 Å². The van der Waals surface area contributed by atoms with Gasteiger partial charge in [-0.05, 0) is 19.3 Å². The second-order valence-electron chi connectivity index (χ2n) is 4.70. The molecular weight excluding hydrogens is 310 g/mol. The van der Waals surface area contributed by atoms with Gasteiger partial charge in [0.05, 0.1) is 0 Å². The number of hydrogen-bond donors (Lipinski definition) is 2. The molecule has 0 saturated carbocycles. The summed E-state index contributed by atoms with van der Waals surface area (Å²) in [6, 6.07) is 0. The molecule has 0 bridgehead atoms. The van der Waals surface area contributed by atoms with Crippen LogP contribution < -0.4 is 11.5 Å². The van der Waals surface area contributed by atoms with Gasteiger partial charge in [-0.3, -0.25) is 4.79 Å². The number of anilines is 2. The Kier molecular flexibility index (Phi) is 6.37. The highest BCUT2D eigenvalue weighted by Crippen LogP contribution is 2.39. The second kappa shape index (κ2) is 8.28. The number of aromatic nitrogens is 3. The summed E-state index contributed by atoms with van der Waals surface area (Å²) >= 11 is 0. The highest BCUT2D eigenvalue weighted by Gasteiger charge is 2.16. The fourth-order valence-corrected chi connectivity index (χ4v) is 4.97. The van der Waals surface area contributed by atoms with Crippen LogP contribution in [0.15, 0.2) is 0 Å². The lowest BCUT2D eigenvalue weighted by molar-refractivity contribution is -0.145. The molecule has 0 spiro atoms. The Labute approximate surface area is 131 Å². The number of carbonyl (C=O) groups is 1. The Balaban J connectivity index is 1.60. The Bertz CT molecular complexity index is 462. The molecule has 9 heteroatoms. The van der Waals surface area contributed by atoms with Gasteiger partial charge in [0.25, 0.3) is 0 Å². The number of esters is 1. The number of unbranched alkanes of at least 4 members (excludes halogenated alkanes) is 1. The smallest absolute Gasteiger partial charge is 0.306 e. The molecule has 0 radical (unpaired) electrons. The average Bonchev–Trinajstić information content (AvgIpc) is 2.93. The molecule has 0 amide bonds. The molecule has 21 heavy (non-hydrogen) atoms. The van der Waals surface area contributed by atoms with Crippen LogP contribution in [0, 0.1) is 0 Å². The predicted octanol–water partition coefficient (Wildman–Crippen LogP) is 1.79. The van der Waals surface area contributed by atoms with Gasteiger partial charge in [-0.25, -0.2) is 0 Å². The number of nitrogen functional groups attached to an aromatic ring is 2. The lowest BCUT2D eigenvalue weighted by Gasteiger charge is -2.07. The minimum atomic E-state index is -0.249. The largest absolute Gasteiger partial charge is 0.457 e. The topological polar surface area (TPSA) is 117 Å². The van der Waals surface area contributed by atoms with Crippen molar-refractivity contribution >= 4 is 39.5 Å². The molecule has 7 nitrogen and oxygen atoms in total. The first kappa shape index (κ1) is 16.2. The molecule has 1 aromatic rings. The zero-order chi connectivity index (χ0) is 15.1. The predicted molar refractivity (Wildman–Crippen MR) is 85.4 cm³/mol.